The lowest BCUT2D eigenvalue weighted by Crippen LogP contribution is -2.44. The van der Waals surface area contributed by atoms with Gasteiger partial charge in [0, 0.05) is 13.6 Å². The van der Waals surface area contributed by atoms with Crippen molar-refractivity contribution < 1.29 is 9.26 Å². The summed E-state index contributed by atoms with van der Waals surface area (Å²) < 4.78 is 13.3. The maximum Gasteiger partial charge on any atom is 0.195 e. The van der Waals surface area contributed by atoms with E-state index in [1.807, 2.05) is 37.8 Å². The molecule has 5 heterocycles. The zero-order valence-electron chi connectivity index (χ0n) is 16.9. The van der Waals surface area contributed by atoms with Crippen LogP contribution in [0.1, 0.15) is 18.2 Å². The molecule has 0 amide bonds. The second-order valence-electron chi connectivity index (χ2n) is 7.58. The van der Waals surface area contributed by atoms with Crippen molar-refractivity contribution in [2.75, 3.05) is 24.7 Å². The highest BCUT2D eigenvalue weighted by Crippen LogP contribution is 2.37. The number of fused-ring (bicyclic) bond motifs is 1. The van der Waals surface area contributed by atoms with Crippen molar-refractivity contribution in [3.05, 3.63) is 29.6 Å². The molecule has 0 spiro atoms. The van der Waals surface area contributed by atoms with Gasteiger partial charge in [0.1, 0.15) is 11.3 Å². The molecule has 0 bridgehead atoms. The van der Waals surface area contributed by atoms with E-state index in [4.69, 9.17) is 14.2 Å². The van der Waals surface area contributed by atoms with E-state index in [1.54, 1.807) is 0 Å². The molecule has 1 aliphatic rings. The number of aryl methyl sites for hydroxylation is 3. The molecule has 1 aliphatic heterocycles. The Morgan fingerprint density at radius 2 is 2.10 bits per heavy atom. The molecule has 5 rings (SSSR count). The van der Waals surface area contributed by atoms with Crippen LogP contribution in [-0.4, -0.2) is 55.9 Å². The van der Waals surface area contributed by atoms with Gasteiger partial charge in [0.15, 0.2) is 11.3 Å². The largest absolute Gasteiger partial charge is 0.377 e. The molecule has 1 saturated heterocycles. The van der Waals surface area contributed by atoms with Gasteiger partial charge in [0.05, 0.1) is 48.1 Å². The van der Waals surface area contributed by atoms with Crippen LogP contribution < -0.4 is 4.90 Å². The first-order valence-corrected chi connectivity index (χ1v) is 9.69. The maximum absolute atomic E-state index is 5.80. The van der Waals surface area contributed by atoms with Gasteiger partial charge in [0.2, 0.25) is 0 Å². The first-order valence-electron chi connectivity index (χ1n) is 9.69. The monoisotopic (exact) mass is 393 g/mol. The fraction of sp³-hybridized carbons (Fsp3) is 0.400. The Labute approximate surface area is 167 Å². The molecule has 4 aromatic heterocycles. The normalized spacial score (nSPS) is 17.4. The highest BCUT2D eigenvalue weighted by Gasteiger charge is 2.26. The third-order valence-corrected chi connectivity index (χ3v) is 5.41. The number of pyridine rings is 1. The van der Waals surface area contributed by atoms with Crippen LogP contribution in [0.3, 0.4) is 0 Å². The van der Waals surface area contributed by atoms with Crippen molar-refractivity contribution in [3.63, 3.8) is 0 Å². The highest BCUT2D eigenvalue weighted by atomic mass is 16.5. The number of anilines is 1. The summed E-state index contributed by atoms with van der Waals surface area (Å²) in [4.78, 5) is 7.23. The lowest BCUT2D eigenvalue weighted by molar-refractivity contribution is 0.0986. The third-order valence-electron chi connectivity index (χ3n) is 5.41. The first-order chi connectivity index (χ1) is 14.0. The van der Waals surface area contributed by atoms with Crippen molar-refractivity contribution in [1.82, 2.24) is 30.1 Å². The first kappa shape index (κ1) is 17.9. The number of nitrogens with one attached hydrogen (secondary N) is 1. The summed E-state index contributed by atoms with van der Waals surface area (Å²) >= 11 is 0. The van der Waals surface area contributed by atoms with Crippen LogP contribution in [0.5, 0.6) is 0 Å². The smallest absolute Gasteiger partial charge is 0.195 e. The number of morpholine rings is 1. The molecule has 9 nitrogen and oxygen atoms in total. The zero-order chi connectivity index (χ0) is 20.1. The van der Waals surface area contributed by atoms with E-state index in [1.165, 1.54) is 0 Å². The summed E-state index contributed by atoms with van der Waals surface area (Å²) in [5, 5.41) is 16.0. The van der Waals surface area contributed by atoms with Gasteiger partial charge in [-0.2, -0.15) is 10.2 Å². The molecule has 1 unspecified atom stereocenters. The highest BCUT2D eigenvalue weighted by molar-refractivity contribution is 5.98. The van der Waals surface area contributed by atoms with E-state index in [2.05, 4.69) is 38.3 Å². The van der Waals surface area contributed by atoms with E-state index in [0.29, 0.717) is 30.0 Å². The van der Waals surface area contributed by atoms with Crippen LogP contribution in [0.15, 0.2) is 22.9 Å². The Kier molecular flexibility index (Phi) is 4.13. The molecule has 0 aliphatic carbocycles. The minimum Gasteiger partial charge on any atom is -0.377 e. The quantitative estimate of drug-likeness (QED) is 0.571. The molecular weight excluding hydrogens is 370 g/mol. The molecular formula is C20H23N7O2. The second kappa shape index (κ2) is 6.70. The van der Waals surface area contributed by atoms with Crippen molar-refractivity contribution in [2.45, 2.75) is 26.8 Å². The molecule has 29 heavy (non-hydrogen) atoms. The number of hydrogen-bond acceptors (Lipinski definition) is 7. The molecule has 0 aromatic carbocycles. The summed E-state index contributed by atoms with van der Waals surface area (Å²) in [5.74, 6) is 0.879. The van der Waals surface area contributed by atoms with E-state index >= 15 is 0 Å². The van der Waals surface area contributed by atoms with Gasteiger partial charge in [-0.3, -0.25) is 9.78 Å². The van der Waals surface area contributed by atoms with Gasteiger partial charge in [-0.05, 0) is 38.5 Å². The summed E-state index contributed by atoms with van der Waals surface area (Å²) in [7, 11) is 1.93. The number of rotatable bonds is 3. The van der Waals surface area contributed by atoms with Gasteiger partial charge in [0.25, 0.3) is 0 Å². The van der Waals surface area contributed by atoms with Crippen LogP contribution >= 0.6 is 0 Å². The summed E-state index contributed by atoms with van der Waals surface area (Å²) in [6, 6.07) is 4.24. The van der Waals surface area contributed by atoms with E-state index in [0.717, 1.165) is 40.6 Å². The predicted molar refractivity (Wildman–Crippen MR) is 109 cm³/mol. The Morgan fingerprint density at radius 1 is 1.24 bits per heavy atom. The predicted octanol–water partition coefficient (Wildman–Crippen LogP) is 2.86. The van der Waals surface area contributed by atoms with Crippen molar-refractivity contribution in [3.8, 4) is 22.6 Å². The fourth-order valence-electron chi connectivity index (χ4n) is 3.95. The van der Waals surface area contributed by atoms with Gasteiger partial charge in [-0.25, -0.2) is 4.98 Å². The van der Waals surface area contributed by atoms with Gasteiger partial charge in [-0.1, -0.05) is 5.16 Å². The Bertz CT molecular complexity index is 1170. The average Bonchev–Trinajstić information content (AvgIpc) is 3.40. The molecule has 1 fully saturated rings. The molecule has 0 radical (unpaired) electrons. The standard InChI is InChI=1S/C20H23N7O2/c1-11-9-21-26(4)19(11)14-8-16(27-5-6-28-10-13(27)3)22-18-17(25-29-20(14)18)15-7-12(2)23-24-15/h7-9,13H,5-6,10H2,1-4H3,(H,23,24). The van der Waals surface area contributed by atoms with Crippen molar-refractivity contribution in [1.29, 1.82) is 0 Å². The fourth-order valence-corrected chi connectivity index (χ4v) is 3.95. The summed E-state index contributed by atoms with van der Waals surface area (Å²) in [6.07, 6.45) is 1.86. The lowest BCUT2D eigenvalue weighted by atomic mass is 10.1. The topological polar surface area (TPSA) is 97.9 Å². The van der Waals surface area contributed by atoms with Crippen LogP contribution in [0.4, 0.5) is 5.82 Å². The van der Waals surface area contributed by atoms with Crippen LogP contribution in [0.25, 0.3) is 33.7 Å². The lowest BCUT2D eigenvalue weighted by Gasteiger charge is -2.34. The van der Waals surface area contributed by atoms with Crippen LogP contribution in [0.2, 0.25) is 0 Å². The maximum atomic E-state index is 5.80. The van der Waals surface area contributed by atoms with E-state index in [9.17, 15) is 0 Å². The minimum absolute atomic E-state index is 0.229. The molecule has 1 N–H and O–H groups in total. The SMILES string of the molecule is Cc1cc(-c2noc3c(-c4c(C)cnn4C)cc(N4CCOCC4C)nc23)[nH]n1. The Hall–Kier alpha value is -3.20. The van der Waals surface area contributed by atoms with Gasteiger partial charge >= 0.3 is 0 Å². The third kappa shape index (κ3) is 2.89. The van der Waals surface area contributed by atoms with Crippen molar-refractivity contribution >= 4 is 16.9 Å². The molecule has 0 saturated carbocycles. The second-order valence-corrected chi connectivity index (χ2v) is 7.58. The number of H-pyrrole nitrogens is 1. The van der Waals surface area contributed by atoms with E-state index in [-0.39, 0.29) is 6.04 Å². The Morgan fingerprint density at radius 3 is 2.79 bits per heavy atom. The molecule has 150 valence electrons. The van der Waals surface area contributed by atoms with Crippen molar-refractivity contribution in [2.24, 2.45) is 7.05 Å². The van der Waals surface area contributed by atoms with Gasteiger partial charge in [-0.15, -0.1) is 0 Å². The molecule has 1 atom stereocenters. The summed E-state index contributed by atoms with van der Waals surface area (Å²) in [5.41, 5.74) is 6.66. The zero-order valence-corrected chi connectivity index (χ0v) is 16.9. The van der Waals surface area contributed by atoms with E-state index < -0.39 is 0 Å². The minimum atomic E-state index is 0.229. The molecule has 4 aromatic rings. The number of aromatic nitrogens is 6. The number of hydrogen-bond donors (Lipinski definition) is 1. The number of nitrogens with zero attached hydrogens (tertiary/aromatic N) is 6. The summed E-state index contributed by atoms with van der Waals surface area (Å²) in [6.45, 7) is 8.26. The van der Waals surface area contributed by atoms with Gasteiger partial charge < -0.3 is 14.2 Å². The number of ether oxygens (including phenoxy) is 1. The number of aromatic amines is 1. The Balaban J connectivity index is 1.77. The molecule has 9 heteroatoms. The van der Waals surface area contributed by atoms with Crippen LogP contribution in [0, 0.1) is 13.8 Å². The average molecular weight is 393 g/mol. The van der Waals surface area contributed by atoms with Crippen LogP contribution in [-0.2, 0) is 11.8 Å².